The van der Waals surface area contributed by atoms with E-state index < -0.39 is 0 Å². The molecule has 0 radical (unpaired) electrons. The maximum atomic E-state index is 8.52. The maximum Gasteiger partial charge on any atom is 0.131 e. The number of rotatable bonds is 2. The number of hydrogen-bond donors (Lipinski definition) is 1. The molecular formula is C9H10ClNO. The van der Waals surface area contributed by atoms with Crippen molar-refractivity contribution in [2.75, 3.05) is 6.61 Å². The molecule has 0 spiro atoms. The number of halogens is 1. The molecule has 0 amide bonds. The second-order valence-corrected chi connectivity index (χ2v) is 2.82. The first-order valence-electron chi connectivity index (χ1n) is 3.63. The van der Waals surface area contributed by atoms with E-state index >= 15 is 0 Å². The van der Waals surface area contributed by atoms with E-state index in [9.17, 15) is 0 Å². The molecule has 0 saturated carbocycles. The van der Waals surface area contributed by atoms with Gasteiger partial charge in [-0.2, -0.15) is 0 Å². The molecule has 64 valence electrons. The van der Waals surface area contributed by atoms with Crippen LogP contribution in [-0.4, -0.2) is 16.7 Å². The van der Waals surface area contributed by atoms with E-state index in [0.717, 1.165) is 11.1 Å². The third-order valence-electron chi connectivity index (χ3n) is 1.45. The molecule has 0 aliphatic rings. The van der Waals surface area contributed by atoms with Crippen molar-refractivity contribution in [2.45, 2.75) is 6.92 Å². The highest BCUT2D eigenvalue weighted by Gasteiger charge is 1.95. The summed E-state index contributed by atoms with van der Waals surface area (Å²) in [5.41, 5.74) is 1.89. The monoisotopic (exact) mass is 183 g/mol. The quantitative estimate of drug-likeness (QED) is 0.712. The standard InChI is InChI=1S/C9H10ClNO/c1-7-5-8(3-2-4-12)6-11-9(7)10/h2-3,5-6,12H,4H2,1H3. The Morgan fingerprint density at radius 2 is 2.42 bits per heavy atom. The average Bonchev–Trinajstić information content (AvgIpc) is 2.07. The van der Waals surface area contributed by atoms with Gasteiger partial charge in [0, 0.05) is 6.20 Å². The van der Waals surface area contributed by atoms with Gasteiger partial charge >= 0.3 is 0 Å². The lowest BCUT2D eigenvalue weighted by atomic mass is 10.2. The molecule has 1 N–H and O–H groups in total. The van der Waals surface area contributed by atoms with Gasteiger partial charge in [-0.05, 0) is 24.1 Å². The Morgan fingerprint density at radius 3 is 3.00 bits per heavy atom. The fourth-order valence-electron chi connectivity index (χ4n) is 0.860. The van der Waals surface area contributed by atoms with Crippen LogP contribution in [0.1, 0.15) is 11.1 Å². The van der Waals surface area contributed by atoms with Crippen molar-refractivity contribution in [1.29, 1.82) is 0 Å². The van der Waals surface area contributed by atoms with E-state index in [-0.39, 0.29) is 6.61 Å². The minimum absolute atomic E-state index is 0.0433. The molecule has 12 heavy (non-hydrogen) atoms. The predicted octanol–water partition coefficient (Wildman–Crippen LogP) is 2.05. The molecule has 0 fully saturated rings. The Kier molecular flexibility index (Phi) is 3.26. The van der Waals surface area contributed by atoms with Crippen LogP contribution in [0, 0.1) is 6.92 Å². The van der Waals surface area contributed by atoms with E-state index in [1.165, 1.54) is 0 Å². The average molecular weight is 184 g/mol. The van der Waals surface area contributed by atoms with Gasteiger partial charge < -0.3 is 5.11 Å². The lowest BCUT2D eigenvalue weighted by Crippen LogP contribution is -1.83. The molecule has 0 unspecified atom stereocenters. The fraction of sp³-hybridized carbons (Fsp3) is 0.222. The molecule has 0 aliphatic heterocycles. The Labute approximate surface area is 76.5 Å². The molecule has 1 heterocycles. The van der Waals surface area contributed by atoms with E-state index in [2.05, 4.69) is 4.98 Å². The molecule has 1 aromatic rings. The van der Waals surface area contributed by atoms with Crippen molar-refractivity contribution >= 4 is 17.7 Å². The van der Waals surface area contributed by atoms with Crippen molar-refractivity contribution in [1.82, 2.24) is 4.98 Å². The first kappa shape index (κ1) is 9.23. The first-order valence-corrected chi connectivity index (χ1v) is 4.01. The molecule has 0 saturated heterocycles. The smallest absolute Gasteiger partial charge is 0.131 e. The minimum atomic E-state index is 0.0433. The summed E-state index contributed by atoms with van der Waals surface area (Å²) < 4.78 is 0. The van der Waals surface area contributed by atoms with Crippen molar-refractivity contribution in [2.24, 2.45) is 0 Å². The molecule has 1 aromatic heterocycles. The van der Waals surface area contributed by atoms with Crippen LogP contribution in [0.2, 0.25) is 5.15 Å². The van der Waals surface area contributed by atoms with Crippen LogP contribution in [0.3, 0.4) is 0 Å². The van der Waals surface area contributed by atoms with Gasteiger partial charge in [-0.3, -0.25) is 0 Å². The van der Waals surface area contributed by atoms with Gasteiger partial charge in [0.2, 0.25) is 0 Å². The Balaban J connectivity index is 2.89. The molecule has 0 bridgehead atoms. The zero-order valence-corrected chi connectivity index (χ0v) is 7.54. The normalized spacial score (nSPS) is 10.9. The summed E-state index contributed by atoms with van der Waals surface area (Å²) in [5.74, 6) is 0. The van der Waals surface area contributed by atoms with Crippen LogP contribution in [0.25, 0.3) is 6.08 Å². The van der Waals surface area contributed by atoms with Crippen LogP contribution in [-0.2, 0) is 0 Å². The van der Waals surface area contributed by atoms with Gasteiger partial charge in [0.25, 0.3) is 0 Å². The second-order valence-electron chi connectivity index (χ2n) is 2.46. The minimum Gasteiger partial charge on any atom is -0.392 e. The summed E-state index contributed by atoms with van der Waals surface area (Å²) in [7, 11) is 0. The predicted molar refractivity (Wildman–Crippen MR) is 50.1 cm³/mol. The number of aryl methyl sites for hydroxylation is 1. The Bertz CT molecular complexity index is 297. The summed E-state index contributed by atoms with van der Waals surface area (Å²) in [6.45, 7) is 1.94. The van der Waals surface area contributed by atoms with Crippen LogP contribution in [0.5, 0.6) is 0 Å². The lowest BCUT2D eigenvalue weighted by molar-refractivity contribution is 0.343. The van der Waals surface area contributed by atoms with Crippen LogP contribution in [0.15, 0.2) is 18.3 Å². The van der Waals surface area contributed by atoms with E-state index in [0.29, 0.717) is 5.15 Å². The lowest BCUT2D eigenvalue weighted by Gasteiger charge is -1.97. The molecule has 0 atom stereocenters. The Morgan fingerprint density at radius 1 is 1.67 bits per heavy atom. The topological polar surface area (TPSA) is 33.1 Å². The van der Waals surface area contributed by atoms with Crippen molar-refractivity contribution in [3.63, 3.8) is 0 Å². The number of aliphatic hydroxyl groups excluding tert-OH is 1. The van der Waals surface area contributed by atoms with Crippen LogP contribution in [0.4, 0.5) is 0 Å². The van der Waals surface area contributed by atoms with Crippen LogP contribution >= 0.6 is 11.6 Å². The van der Waals surface area contributed by atoms with E-state index in [1.807, 2.05) is 13.0 Å². The SMILES string of the molecule is Cc1cc(C=CCO)cnc1Cl. The zero-order chi connectivity index (χ0) is 8.97. The number of aliphatic hydroxyl groups is 1. The number of aromatic nitrogens is 1. The van der Waals surface area contributed by atoms with Gasteiger partial charge in [-0.25, -0.2) is 4.98 Å². The summed E-state index contributed by atoms with van der Waals surface area (Å²) >= 11 is 5.73. The highest BCUT2D eigenvalue weighted by molar-refractivity contribution is 6.30. The Hall–Kier alpha value is -0.860. The molecule has 0 aliphatic carbocycles. The summed E-state index contributed by atoms with van der Waals surface area (Å²) in [6, 6.07) is 1.92. The number of hydrogen-bond acceptors (Lipinski definition) is 2. The third-order valence-corrected chi connectivity index (χ3v) is 1.85. The van der Waals surface area contributed by atoms with Crippen LogP contribution < -0.4 is 0 Å². The van der Waals surface area contributed by atoms with Gasteiger partial charge in [0.15, 0.2) is 0 Å². The number of nitrogens with zero attached hydrogens (tertiary/aromatic N) is 1. The molecule has 1 rings (SSSR count). The van der Waals surface area contributed by atoms with E-state index in [4.69, 9.17) is 16.7 Å². The zero-order valence-electron chi connectivity index (χ0n) is 6.79. The van der Waals surface area contributed by atoms with Gasteiger partial charge in [0.05, 0.1) is 6.61 Å². The van der Waals surface area contributed by atoms with Gasteiger partial charge in [-0.15, -0.1) is 0 Å². The van der Waals surface area contributed by atoms with Crippen molar-refractivity contribution in [3.05, 3.63) is 34.6 Å². The molecule has 0 aromatic carbocycles. The highest BCUT2D eigenvalue weighted by Crippen LogP contribution is 2.13. The summed E-state index contributed by atoms with van der Waals surface area (Å²) in [4.78, 5) is 3.96. The maximum absolute atomic E-state index is 8.52. The fourth-order valence-corrected chi connectivity index (χ4v) is 0.963. The third kappa shape index (κ3) is 2.32. The summed E-state index contributed by atoms with van der Waals surface area (Å²) in [5, 5.41) is 9.04. The molecule has 2 nitrogen and oxygen atoms in total. The number of pyridine rings is 1. The van der Waals surface area contributed by atoms with Crippen molar-refractivity contribution < 1.29 is 5.11 Å². The first-order chi connectivity index (χ1) is 5.74. The van der Waals surface area contributed by atoms with Gasteiger partial charge in [0.1, 0.15) is 5.15 Å². The van der Waals surface area contributed by atoms with E-state index in [1.54, 1.807) is 18.3 Å². The highest BCUT2D eigenvalue weighted by atomic mass is 35.5. The molecular weight excluding hydrogens is 174 g/mol. The second kappa shape index (κ2) is 4.24. The van der Waals surface area contributed by atoms with Crippen molar-refractivity contribution in [3.8, 4) is 0 Å². The largest absolute Gasteiger partial charge is 0.392 e. The van der Waals surface area contributed by atoms with Gasteiger partial charge in [-0.1, -0.05) is 23.8 Å². The molecule has 3 heteroatoms. The summed E-state index contributed by atoms with van der Waals surface area (Å²) in [6.07, 6.45) is 5.13.